The zero-order valence-electron chi connectivity index (χ0n) is 11.3. The molecule has 0 heterocycles. The summed E-state index contributed by atoms with van der Waals surface area (Å²) in [5.74, 6) is 1.47. The van der Waals surface area contributed by atoms with Crippen LogP contribution in [-0.2, 0) is 0 Å². The normalized spacial score (nSPS) is 11.3. The van der Waals surface area contributed by atoms with E-state index in [1.54, 1.807) is 0 Å². The van der Waals surface area contributed by atoms with E-state index in [2.05, 4.69) is 17.2 Å². The van der Waals surface area contributed by atoms with Crippen LogP contribution < -0.4 is 15.8 Å². The Morgan fingerprint density at radius 1 is 1.39 bits per heavy atom. The number of nitrogens with zero attached hydrogens (tertiary/aromatic N) is 1. The highest BCUT2D eigenvalue weighted by molar-refractivity contribution is 5.77. The summed E-state index contributed by atoms with van der Waals surface area (Å²) < 4.78 is 5.68. The molecule has 0 saturated heterocycles. The third-order valence-electron chi connectivity index (χ3n) is 2.48. The second-order valence-electron chi connectivity index (χ2n) is 4.16. The van der Waals surface area contributed by atoms with Gasteiger partial charge in [0, 0.05) is 13.1 Å². The number of ether oxygens (including phenoxy) is 1. The second-order valence-corrected chi connectivity index (χ2v) is 4.16. The minimum atomic E-state index is 0.521. The van der Waals surface area contributed by atoms with Crippen LogP contribution in [0.2, 0.25) is 0 Å². The third kappa shape index (κ3) is 5.57. The van der Waals surface area contributed by atoms with Gasteiger partial charge in [-0.2, -0.15) is 0 Å². The molecule has 0 spiro atoms. The van der Waals surface area contributed by atoms with Crippen molar-refractivity contribution in [3.05, 3.63) is 29.8 Å². The Hall–Kier alpha value is -1.71. The van der Waals surface area contributed by atoms with Crippen molar-refractivity contribution in [1.82, 2.24) is 5.32 Å². The van der Waals surface area contributed by atoms with Crippen molar-refractivity contribution in [3.8, 4) is 5.75 Å². The van der Waals surface area contributed by atoms with Gasteiger partial charge in [-0.25, -0.2) is 0 Å². The highest BCUT2D eigenvalue weighted by atomic mass is 16.5. The highest BCUT2D eigenvalue weighted by Crippen LogP contribution is 2.15. The van der Waals surface area contributed by atoms with Gasteiger partial charge < -0.3 is 15.8 Å². The molecule has 0 aliphatic carbocycles. The highest BCUT2D eigenvalue weighted by Gasteiger charge is 1.97. The molecule has 1 aromatic rings. The largest absolute Gasteiger partial charge is 0.493 e. The number of aryl methyl sites for hydroxylation is 1. The van der Waals surface area contributed by atoms with Crippen molar-refractivity contribution in [1.29, 1.82) is 0 Å². The van der Waals surface area contributed by atoms with Crippen LogP contribution in [0, 0.1) is 6.92 Å². The predicted molar refractivity (Wildman–Crippen MR) is 76.1 cm³/mol. The molecular formula is C14H23N3O. The first-order valence-electron chi connectivity index (χ1n) is 6.46. The average Bonchev–Trinajstić information content (AvgIpc) is 2.38. The summed E-state index contributed by atoms with van der Waals surface area (Å²) in [5.41, 5.74) is 6.84. The molecule has 4 heteroatoms. The van der Waals surface area contributed by atoms with Crippen LogP contribution in [0.25, 0.3) is 0 Å². The number of nitrogens with one attached hydrogen (secondary N) is 1. The van der Waals surface area contributed by atoms with Crippen LogP contribution in [0.1, 0.15) is 25.3 Å². The van der Waals surface area contributed by atoms with E-state index in [1.165, 1.54) is 0 Å². The zero-order chi connectivity index (χ0) is 13.2. The SMILES string of the molecule is CCCN=C(N)NCCCOc1ccccc1C. The second kappa shape index (κ2) is 8.39. The van der Waals surface area contributed by atoms with Gasteiger partial charge in [-0.05, 0) is 31.4 Å². The monoisotopic (exact) mass is 249 g/mol. The number of benzene rings is 1. The van der Waals surface area contributed by atoms with E-state index in [0.29, 0.717) is 12.6 Å². The summed E-state index contributed by atoms with van der Waals surface area (Å²) >= 11 is 0. The number of para-hydroxylation sites is 1. The van der Waals surface area contributed by atoms with Crippen molar-refractivity contribution in [2.75, 3.05) is 19.7 Å². The summed E-state index contributed by atoms with van der Waals surface area (Å²) in [6.07, 6.45) is 1.91. The van der Waals surface area contributed by atoms with Gasteiger partial charge in [0.05, 0.1) is 6.61 Å². The van der Waals surface area contributed by atoms with Crippen molar-refractivity contribution >= 4 is 5.96 Å². The molecule has 18 heavy (non-hydrogen) atoms. The fourth-order valence-corrected chi connectivity index (χ4v) is 1.48. The number of hydrogen-bond donors (Lipinski definition) is 2. The molecular weight excluding hydrogens is 226 g/mol. The molecule has 0 radical (unpaired) electrons. The fraction of sp³-hybridized carbons (Fsp3) is 0.500. The van der Waals surface area contributed by atoms with Crippen LogP contribution >= 0.6 is 0 Å². The lowest BCUT2D eigenvalue weighted by molar-refractivity contribution is 0.309. The molecule has 0 bridgehead atoms. The summed E-state index contributed by atoms with van der Waals surface area (Å²) in [7, 11) is 0. The Labute approximate surface area is 109 Å². The minimum Gasteiger partial charge on any atom is -0.493 e. The lowest BCUT2D eigenvalue weighted by Gasteiger charge is -2.09. The number of guanidine groups is 1. The molecule has 0 atom stereocenters. The van der Waals surface area contributed by atoms with Crippen molar-refractivity contribution in [2.45, 2.75) is 26.7 Å². The van der Waals surface area contributed by atoms with Crippen LogP contribution in [0.4, 0.5) is 0 Å². The number of rotatable bonds is 7. The maximum Gasteiger partial charge on any atom is 0.188 e. The maximum atomic E-state index is 5.68. The molecule has 0 fully saturated rings. The van der Waals surface area contributed by atoms with Crippen molar-refractivity contribution < 1.29 is 4.74 Å². The third-order valence-corrected chi connectivity index (χ3v) is 2.48. The van der Waals surface area contributed by atoms with Gasteiger partial charge in [0.25, 0.3) is 0 Å². The zero-order valence-corrected chi connectivity index (χ0v) is 11.3. The van der Waals surface area contributed by atoms with Gasteiger partial charge in [0.15, 0.2) is 5.96 Å². The van der Waals surface area contributed by atoms with E-state index >= 15 is 0 Å². The first-order chi connectivity index (χ1) is 8.74. The van der Waals surface area contributed by atoms with E-state index < -0.39 is 0 Å². The maximum absolute atomic E-state index is 5.68. The lowest BCUT2D eigenvalue weighted by atomic mass is 10.2. The van der Waals surface area contributed by atoms with Gasteiger partial charge in [-0.1, -0.05) is 25.1 Å². The quantitative estimate of drug-likeness (QED) is 0.442. The Kier molecular flexibility index (Phi) is 6.69. The van der Waals surface area contributed by atoms with Crippen LogP contribution in [0.5, 0.6) is 5.75 Å². The topological polar surface area (TPSA) is 59.6 Å². The van der Waals surface area contributed by atoms with Gasteiger partial charge in [0.2, 0.25) is 0 Å². The Bertz CT molecular complexity index is 377. The Morgan fingerprint density at radius 2 is 2.17 bits per heavy atom. The van der Waals surface area contributed by atoms with E-state index in [-0.39, 0.29) is 0 Å². The predicted octanol–water partition coefficient (Wildman–Crippen LogP) is 2.08. The summed E-state index contributed by atoms with van der Waals surface area (Å²) in [4.78, 5) is 4.16. The summed E-state index contributed by atoms with van der Waals surface area (Å²) in [5, 5.41) is 3.07. The molecule has 0 saturated carbocycles. The standard InChI is InChI=1S/C14H23N3O/c1-3-9-16-14(15)17-10-6-11-18-13-8-5-4-7-12(13)2/h4-5,7-8H,3,6,9-11H2,1-2H3,(H3,15,16,17). The Morgan fingerprint density at radius 3 is 2.89 bits per heavy atom. The van der Waals surface area contributed by atoms with Gasteiger partial charge >= 0.3 is 0 Å². The van der Waals surface area contributed by atoms with Crippen LogP contribution in [-0.4, -0.2) is 25.7 Å². The average molecular weight is 249 g/mol. The smallest absolute Gasteiger partial charge is 0.188 e. The summed E-state index contributed by atoms with van der Waals surface area (Å²) in [6, 6.07) is 8.02. The van der Waals surface area contributed by atoms with E-state index in [0.717, 1.165) is 37.2 Å². The number of nitrogens with two attached hydrogens (primary N) is 1. The summed E-state index contributed by atoms with van der Waals surface area (Å²) in [6.45, 7) is 6.36. The Balaban J connectivity index is 2.14. The number of aliphatic imine (C=N–C) groups is 1. The van der Waals surface area contributed by atoms with Crippen molar-refractivity contribution in [3.63, 3.8) is 0 Å². The molecule has 0 aliphatic heterocycles. The molecule has 1 rings (SSSR count). The molecule has 0 aromatic heterocycles. The van der Waals surface area contributed by atoms with Gasteiger partial charge in [-0.15, -0.1) is 0 Å². The fourth-order valence-electron chi connectivity index (χ4n) is 1.48. The molecule has 4 nitrogen and oxygen atoms in total. The van der Waals surface area contributed by atoms with E-state index in [4.69, 9.17) is 10.5 Å². The molecule has 0 unspecified atom stereocenters. The first kappa shape index (κ1) is 14.4. The van der Waals surface area contributed by atoms with E-state index in [9.17, 15) is 0 Å². The minimum absolute atomic E-state index is 0.521. The van der Waals surface area contributed by atoms with E-state index in [1.807, 2.05) is 31.2 Å². The van der Waals surface area contributed by atoms with Gasteiger partial charge in [0.1, 0.15) is 5.75 Å². The van der Waals surface area contributed by atoms with Crippen LogP contribution in [0.15, 0.2) is 29.3 Å². The lowest BCUT2D eigenvalue weighted by Crippen LogP contribution is -2.33. The molecule has 1 aromatic carbocycles. The van der Waals surface area contributed by atoms with Crippen LogP contribution in [0.3, 0.4) is 0 Å². The van der Waals surface area contributed by atoms with Gasteiger partial charge in [-0.3, -0.25) is 4.99 Å². The molecule has 0 amide bonds. The first-order valence-corrected chi connectivity index (χ1v) is 6.46. The van der Waals surface area contributed by atoms with Crippen molar-refractivity contribution in [2.24, 2.45) is 10.7 Å². The molecule has 3 N–H and O–H groups in total. The molecule has 100 valence electrons. The molecule has 0 aliphatic rings. The number of hydrogen-bond acceptors (Lipinski definition) is 2.